The van der Waals surface area contributed by atoms with E-state index in [1.807, 2.05) is 0 Å². The molecule has 4 heteroatoms. The fourth-order valence-corrected chi connectivity index (χ4v) is 1.32. The van der Waals surface area contributed by atoms with Crippen LogP contribution in [0.25, 0.3) is 6.08 Å². The molecule has 0 fully saturated rings. The van der Waals surface area contributed by atoms with Crippen molar-refractivity contribution in [3.05, 3.63) is 48.4 Å². The second-order valence-electron chi connectivity index (χ2n) is 3.46. The number of allylic oxidation sites excluding steroid dienone is 1. The van der Waals surface area contributed by atoms with E-state index in [1.54, 1.807) is 20.8 Å². The van der Waals surface area contributed by atoms with Gasteiger partial charge in [-0.05, 0) is 5.56 Å². The molecule has 0 saturated heterocycles. The van der Waals surface area contributed by atoms with E-state index in [2.05, 4.69) is 43.3 Å². The Morgan fingerprint density at radius 3 is 1.75 bits per heavy atom. The fourth-order valence-electron chi connectivity index (χ4n) is 1.32. The van der Waals surface area contributed by atoms with Crippen LogP contribution >= 0.6 is 0 Å². The molecule has 20 heavy (non-hydrogen) atoms. The van der Waals surface area contributed by atoms with Crippen LogP contribution in [-0.2, 0) is 26.2 Å². The Hall–Kier alpha value is -0.277. The molecule has 0 amide bonds. The summed E-state index contributed by atoms with van der Waals surface area (Å²) in [6.07, 6.45) is 4.26. The third-order valence-corrected chi connectivity index (χ3v) is 1.90. The maximum Gasteiger partial charge on any atom is 4.00 e. The molecule has 0 aliphatic heterocycles. The summed E-state index contributed by atoms with van der Waals surface area (Å²) in [7, 11) is 0. The molecule has 2 rings (SSSR count). The predicted octanol–water partition coefficient (Wildman–Crippen LogP) is 0.728. The summed E-state index contributed by atoms with van der Waals surface area (Å²) in [5, 5.41) is 26.8. The standard InChI is InChI=1S/C10H9.3C2H5O.Zr/c1-8-6-7-9-4-2-3-5-10(8)9;3*1-2-3;/h2-8H,1H2;3*2H2,1H3;/q4*-1;+4. The SMILES string of the molecule is CC[O-].CC[O-].CC[O-].[CH2-]C1C=Cc2ccccc21.[Zr+4]. The molecule has 0 saturated carbocycles. The van der Waals surface area contributed by atoms with E-state index in [9.17, 15) is 0 Å². The Labute approximate surface area is 142 Å². The molecule has 0 radical (unpaired) electrons. The zero-order chi connectivity index (χ0) is 15.1. The van der Waals surface area contributed by atoms with Gasteiger partial charge in [-0.15, -0.1) is 31.8 Å². The largest absolute Gasteiger partial charge is 4.00 e. The number of hydrogen-bond acceptors (Lipinski definition) is 3. The molecule has 1 aromatic carbocycles. The van der Waals surface area contributed by atoms with Crippen LogP contribution in [0.5, 0.6) is 0 Å². The van der Waals surface area contributed by atoms with Gasteiger partial charge in [-0.3, -0.25) is 0 Å². The Kier molecular flexibility index (Phi) is 23.1. The fraction of sp³-hybridized carbons (Fsp3) is 0.438. The molecule has 3 nitrogen and oxygen atoms in total. The van der Waals surface area contributed by atoms with Crippen molar-refractivity contribution in [3.8, 4) is 0 Å². The van der Waals surface area contributed by atoms with Crippen molar-refractivity contribution in [1.29, 1.82) is 0 Å². The van der Waals surface area contributed by atoms with Crippen molar-refractivity contribution in [3.63, 3.8) is 0 Å². The first-order valence-corrected chi connectivity index (χ1v) is 6.47. The van der Waals surface area contributed by atoms with Gasteiger partial charge in [0.05, 0.1) is 0 Å². The van der Waals surface area contributed by atoms with Crippen molar-refractivity contribution in [2.24, 2.45) is 0 Å². The van der Waals surface area contributed by atoms with Crippen molar-refractivity contribution in [2.75, 3.05) is 19.8 Å². The minimum atomic E-state index is 0. The average Bonchev–Trinajstić information content (AvgIpc) is 2.75. The predicted molar refractivity (Wildman–Crippen MR) is 75.2 cm³/mol. The Morgan fingerprint density at radius 2 is 1.35 bits per heavy atom. The first-order valence-electron chi connectivity index (χ1n) is 6.47. The molecule has 0 spiro atoms. The van der Waals surface area contributed by atoms with Crippen LogP contribution in [0.2, 0.25) is 0 Å². The van der Waals surface area contributed by atoms with E-state index >= 15 is 0 Å². The summed E-state index contributed by atoms with van der Waals surface area (Å²) < 4.78 is 0. The summed E-state index contributed by atoms with van der Waals surface area (Å²) in [4.78, 5) is 0. The van der Waals surface area contributed by atoms with Crippen LogP contribution in [0.3, 0.4) is 0 Å². The molecule has 1 aliphatic rings. The van der Waals surface area contributed by atoms with E-state index in [1.165, 1.54) is 11.1 Å². The molecule has 1 atom stereocenters. The quantitative estimate of drug-likeness (QED) is 0.644. The summed E-state index contributed by atoms with van der Waals surface area (Å²) >= 11 is 0. The van der Waals surface area contributed by atoms with Gasteiger partial charge >= 0.3 is 26.2 Å². The van der Waals surface area contributed by atoms with Gasteiger partial charge in [-0.1, -0.05) is 56.7 Å². The van der Waals surface area contributed by atoms with E-state index in [0.29, 0.717) is 5.92 Å². The van der Waals surface area contributed by atoms with Gasteiger partial charge in [0.15, 0.2) is 0 Å². The second kappa shape index (κ2) is 18.7. The topological polar surface area (TPSA) is 69.2 Å². The maximum atomic E-state index is 8.93. The molecule has 110 valence electrons. The van der Waals surface area contributed by atoms with Crippen molar-refractivity contribution in [2.45, 2.75) is 26.7 Å². The minimum Gasteiger partial charge on any atom is -0.855 e. The van der Waals surface area contributed by atoms with Crippen LogP contribution in [0.15, 0.2) is 30.3 Å². The van der Waals surface area contributed by atoms with Crippen LogP contribution in [0.4, 0.5) is 0 Å². The van der Waals surface area contributed by atoms with Crippen LogP contribution < -0.4 is 15.3 Å². The Bertz CT molecular complexity index is 322. The molecule has 1 aromatic rings. The monoisotopic (exact) mass is 354 g/mol. The molecular weight excluding hydrogens is 331 g/mol. The minimum absolute atomic E-state index is 0. The second-order valence-corrected chi connectivity index (χ2v) is 3.46. The molecular formula is C16H24O3Zr. The third kappa shape index (κ3) is 12.7. The summed E-state index contributed by atoms with van der Waals surface area (Å²) in [5.74, 6) is 0.371. The van der Waals surface area contributed by atoms with Crippen molar-refractivity contribution < 1.29 is 41.5 Å². The van der Waals surface area contributed by atoms with Gasteiger partial charge < -0.3 is 22.2 Å². The summed E-state index contributed by atoms with van der Waals surface area (Å²) in [6.45, 7) is 8.70. The zero-order valence-corrected chi connectivity index (χ0v) is 15.1. The van der Waals surface area contributed by atoms with Crippen LogP contribution in [0, 0.1) is 6.92 Å². The van der Waals surface area contributed by atoms with Crippen molar-refractivity contribution in [1.82, 2.24) is 0 Å². The maximum absolute atomic E-state index is 8.93. The van der Waals surface area contributed by atoms with Gasteiger partial charge in [-0.25, -0.2) is 0 Å². The van der Waals surface area contributed by atoms with E-state index in [4.69, 9.17) is 15.3 Å². The van der Waals surface area contributed by atoms with E-state index in [-0.39, 0.29) is 46.0 Å². The third-order valence-electron chi connectivity index (χ3n) is 1.90. The molecule has 1 aliphatic carbocycles. The smallest absolute Gasteiger partial charge is 0.855 e. The molecule has 0 N–H and O–H groups in total. The molecule has 0 bridgehead atoms. The normalized spacial score (nSPS) is 13.2. The summed E-state index contributed by atoms with van der Waals surface area (Å²) in [5.41, 5.74) is 2.67. The Morgan fingerprint density at radius 1 is 0.950 bits per heavy atom. The molecule has 1 unspecified atom stereocenters. The van der Waals surface area contributed by atoms with Crippen LogP contribution in [0.1, 0.15) is 37.8 Å². The number of benzene rings is 1. The number of rotatable bonds is 0. The zero-order valence-electron chi connectivity index (χ0n) is 12.6. The average molecular weight is 356 g/mol. The Balaban J connectivity index is -0.000000247. The van der Waals surface area contributed by atoms with Crippen molar-refractivity contribution >= 4 is 6.08 Å². The molecule has 0 heterocycles. The summed E-state index contributed by atoms with van der Waals surface area (Å²) in [6, 6.07) is 8.37. The van der Waals surface area contributed by atoms with Gasteiger partial charge in [0, 0.05) is 0 Å². The first kappa shape index (κ1) is 24.7. The van der Waals surface area contributed by atoms with E-state index in [0.717, 1.165) is 0 Å². The number of hydrogen-bond donors (Lipinski definition) is 0. The van der Waals surface area contributed by atoms with E-state index < -0.39 is 0 Å². The first-order chi connectivity index (χ1) is 9.12. The van der Waals surface area contributed by atoms with Crippen LogP contribution in [-0.4, -0.2) is 19.8 Å². The van der Waals surface area contributed by atoms with Gasteiger partial charge in [0.1, 0.15) is 0 Å². The number of fused-ring (bicyclic) bond motifs is 1. The van der Waals surface area contributed by atoms with Gasteiger partial charge in [0.25, 0.3) is 0 Å². The van der Waals surface area contributed by atoms with Gasteiger partial charge in [-0.2, -0.15) is 0 Å². The van der Waals surface area contributed by atoms with Gasteiger partial charge in [0.2, 0.25) is 0 Å². The molecule has 0 aromatic heterocycles.